The van der Waals surface area contributed by atoms with E-state index in [9.17, 15) is 9.59 Å². The van der Waals surface area contributed by atoms with Gasteiger partial charge in [-0.1, -0.05) is 168 Å². The van der Waals surface area contributed by atoms with Crippen molar-refractivity contribution in [2.45, 2.75) is 200 Å². The van der Waals surface area contributed by atoms with Crippen molar-refractivity contribution in [1.29, 1.82) is 0 Å². The van der Waals surface area contributed by atoms with Crippen LogP contribution in [-0.4, -0.2) is 57.6 Å². The Labute approximate surface area is 298 Å². The highest BCUT2D eigenvalue weighted by molar-refractivity contribution is 7.41. The van der Waals surface area contributed by atoms with Crippen LogP contribution in [0.1, 0.15) is 200 Å². The standard InChI is InChI=1S/C23H48NO5P.C16H32O2/c1-4-5-6-7-8-9-10-11-12-13-14-15-16-18-23(25)27-20-17-21-28-30(26-3)29-22-19-24-2;1-2-3-4-5-6-7-8-9-10-11-12-13-14-15-16(17)18/h24H,4-22H2,1-3H3;2-15H2,1H3,(H,17,18). The lowest BCUT2D eigenvalue weighted by atomic mass is 10.0. The first kappa shape index (κ1) is 49.3. The van der Waals surface area contributed by atoms with Crippen molar-refractivity contribution in [2.24, 2.45) is 0 Å². The summed E-state index contributed by atoms with van der Waals surface area (Å²) in [5.41, 5.74) is 0. The molecule has 0 radical (unpaired) electrons. The second kappa shape index (κ2) is 44.2. The highest BCUT2D eigenvalue weighted by Gasteiger charge is 2.10. The Kier molecular flexibility index (Phi) is 45.4. The van der Waals surface area contributed by atoms with Crippen molar-refractivity contribution in [2.75, 3.05) is 40.5 Å². The molecule has 0 aromatic heterocycles. The zero-order valence-corrected chi connectivity index (χ0v) is 33.1. The topological polar surface area (TPSA) is 103 Å². The molecule has 0 aromatic rings. The van der Waals surface area contributed by atoms with Crippen molar-refractivity contribution in [3.8, 4) is 0 Å². The van der Waals surface area contributed by atoms with Gasteiger partial charge in [0.15, 0.2) is 0 Å². The van der Waals surface area contributed by atoms with Crippen molar-refractivity contribution in [1.82, 2.24) is 5.32 Å². The molecule has 0 aliphatic heterocycles. The summed E-state index contributed by atoms with van der Waals surface area (Å²) in [6, 6.07) is 0. The van der Waals surface area contributed by atoms with Crippen LogP contribution in [0.5, 0.6) is 0 Å². The van der Waals surface area contributed by atoms with Crippen LogP contribution >= 0.6 is 8.60 Å². The third-order valence-corrected chi connectivity index (χ3v) is 9.51. The number of carboxylic acid groups (broad SMARTS) is 1. The van der Waals surface area contributed by atoms with E-state index in [0.29, 0.717) is 39.1 Å². The monoisotopic (exact) mass is 706 g/mol. The number of aliphatic carboxylic acids is 1. The van der Waals surface area contributed by atoms with Gasteiger partial charge >= 0.3 is 20.5 Å². The molecule has 0 amide bonds. The number of likely N-dealkylation sites (N-methyl/N-ethyl adjacent to an activating group) is 1. The van der Waals surface area contributed by atoms with Gasteiger partial charge < -0.3 is 28.7 Å². The molecule has 48 heavy (non-hydrogen) atoms. The summed E-state index contributed by atoms with van der Waals surface area (Å²) >= 11 is 0. The van der Waals surface area contributed by atoms with Gasteiger partial charge in [-0.05, 0) is 19.9 Å². The maximum atomic E-state index is 11.8. The molecular weight excluding hydrogens is 625 g/mol. The molecule has 2 N–H and O–H groups in total. The highest BCUT2D eigenvalue weighted by Crippen LogP contribution is 2.38. The van der Waals surface area contributed by atoms with Crippen LogP contribution in [0.15, 0.2) is 0 Å². The van der Waals surface area contributed by atoms with Gasteiger partial charge in [-0.15, -0.1) is 0 Å². The van der Waals surface area contributed by atoms with E-state index in [0.717, 1.165) is 32.2 Å². The second-order valence-electron chi connectivity index (χ2n) is 13.1. The van der Waals surface area contributed by atoms with Crippen LogP contribution in [0, 0.1) is 0 Å². The van der Waals surface area contributed by atoms with Crippen LogP contribution in [0.2, 0.25) is 0 Å². The SMILES string of the molecule is CCCCCCCCCCCCCCCC(=O)O.CCCCCCCCCCCCCCCC(=O)OCCCOP(OC)OCCNC. The van der Waals surface area contributed by atoms with Crippen LogP contribution in [0.4, 0.5) is 0 Å². The summed E-state index contributed by atoms with van der Waals surface area (Å²) in [6.45, 7) is 6.68. The third kappa shape index (κ3) is 45.2. The van der Waals surface area contributed by atoms with Crippen molar-refractivity contribution >= 4 is 20.5 Å². The van der Waals surface area contributed by atoms with E-state index < -0.39 is 14.6 Å². The molecule has 0 fully saturated rings. The molecule has 0 rings (SSSR count). The largest absolute Gasteiger partial charge is 0.481 e. The third-order valence-electron chi connectivity index (χ3n) is 8.42. The van der Waals surface area contributed by atoms with E-state index >= 15 is 0 Å². The van der Waals surface area contributed by atoms with Gasteiger partial charge in [0, 0.05) is 32.9 Å². The van der Waals surface area contributed by atoms with Crippen molar-refractivity contribution < 1.29 is 33.0 Å². The Morgan fingerprint density at radius 3 is 1.27 bits per heavy atom. The van der Waals surface area contributed by atoms with E-state index in [1.165, 1.54) is 141 Å². The minimum atomic E-state index is -1.31. The fraction of sp³-hybridized carbons (Fsp3) is 0.949. The predicted molar refractivity (Wildman–Crippen MR) is 204 cm³/mol. The molecule has 0 aliphatic rings. The summed E-state index contributed by atoms with van der Waals surface area (Å²) in [4.78, 5) is 22.1. The summed E-state index contributed by atoms with van der Waals surface area (Å²) < 4.78 is 21.3. The molecule has 1 atom stereocenters. The lowest BCUT2D eigenvalue weighted by Crippen LogP contribution is -2.13. The first-order valence-electron chi connectivity index (χ1n) is 20.1. The van der Waals surface area contributed by atoms with Gasteiger partial charge in [-0.25, -0.2) is 0 Å². The maximum absolute atomic E-state index is 11.8. The fourth-order valence-electron chi connectivity index (χ4n) is 5.40. The van der Waals surface area contributed by atoms with Gasteiger partial charge in [0.05, 0.1) is 19.8 Å². The average Bonchev–Trinajstić information content (AvgIpc) is 3.08. The molecule has 0 saturated heterocycles. The normalized spacial score (nSPS) is 11.7. The molecular formula is C39H80NO7P. The quantitative estimate of drug-likeness (QED) is 0.0372. The number of esters is 1. The lowest BCUT2D eigenvalue weighted by molar-refractivity contribution is -0.144. The molecule has 0 saturated carbocycles. The molecule has 9 heteroatoms. The number of carboxylic acids is 1. The molecule has 288 valence electrons. The number of hydrogen-bond donors (Lipinski definition) is 2. The fourth-order valence-corrected chi connectivity index (χ4v) is 6.21. The number of carbonyl (C=O) groups excluding carboxylic acids is 1. The van der Waals surface area contributed by atoms with Crippen LogP contribution in [-0.2, 0) is 27.9 Å². The lowest BCUT2D eigenvalue weighted by Gasteiger charge is -2.14. The van der Waals surface area contributed by atoms with Gasteiger partial charge in [0.1, 0.15) is 0 Å². The molecule has 0 bridgehead atoms. The highest BCUT2D eigenvalue weighted by atomic mass is 31.2. The van der Waals surface area contributed by atoms with Gasteiger partial charge in [-0.2, -0.15) is 0 Å². The number of ether oxygens (including phenoxy) is 1. The van der Waals surface area contributed by atoms with Crippen molar-refractivity contribution in [3.63, 3.8) is 0 Å². The average molecular weight is 706 g/mol. The van der Waals surface area contributed by atoms with Crippen molar-refractivity contribution in [3.05, 3.63) is 0 Å². The Hall–Kier alpha value is -0.790. The molecule has 0 heterocycles. The Morgan fingerprint density at radius 1 is 0.521 bits per heavy atom. The number of carbonyl (C=O) groups is 2. The van der Waals surface area contributed by atoms with Crippen LogP contribution in [0.25, 0.3) is 0 Å². The first-order chi connectivity index (χ1) is 23.5. The molecule has 0 spiro atoms. The van der Waals surface area contributed by atoms with E-state index in [1.54, 1.807) is 7.11 Å². The van der Waals surface area contributed by atoms with Crippen LogP contribution < -0.4 is 5.32 Å². The smallest absolute Gasteiger partial charge is 0.332 e. The Balaban J connectivity index is 0. The van der Waals surface area contributed by atoms with Gasteiger partial charge in [-0.3, -0.25) is 9.59 Å². The minimum Gasteiger partial charge on any atom is -0.481 e. The molecule has 0 aromatic carbocycles. The van der Waals surface area contributed by atoms with E-state index in [-0.39, 0.29) is 5.97 Å². The maximum Gasteiger partial charge on any atom is 0.332 e. The van der Waals surface area contributed by atoms with Gasteiger partial charge in [0.25, 0.3) is 0 Å². The molecule has 0 aliphatic carbocycles. The van der Waals surface area contributed by atoms with E-state index in [2.05, 4.69) is 19.2 Å². The number of hydrogen-bond acceptors (Lipinski definition) is 7. The Bertz CT molecular complexity index is 641. The van der Waals surface area contributed by atoms with Crippen LogP contribution in [0.3, 0.4) is 0 Å². The minimum absolute atomic E-state index is 0.0997. The number of rotatable bonds is 38. The van der Waals surface area contributed by atoms with Gasteiger partial charge in [0.2, 0.25) is 0 Å². The summed E-state index contributed by atoms with van der Waals surface area (Å²) in [5, 5.41) is 11.5. The molecule has 8 nitrogen and oxygen atoms in total. The first-order valence-corrected chi connectivity index (χ1v) is 21.2. The Morgan fingerprint density at radius 2 is 0.896 bits per heavy atom. The zero-order chi connectivity index (χ0) is 35.6. The summed E-state index contributed by atoms with van der Waals surface area (Å²) in [5.74, 6) is -0.754. The molecule has 1 unspecified atom stereocenters. The summed E-state index contributed by atoms with van der Waals surface area (Å²) in [7, 11) is 2.13. The predicted octanol–water partition coefficient (Wildman–Crippen LogP) is 12.1. The van der Waals surface area contributed by atoms with E-state index in [4.69, 9.17) is 23.4 Å². The summed E-state index contributed by atoms with van der Waals surface area (Å²) in [6.07, 6.45) is 35.5. The zero-order valence-electron chi connectivity index (χ0n) is 32.2. The number of unbranched alkanes of at least 4 members (excludes halogenated alkanes) is 24. The second-order valence-corrected chi connectivity index (χ2v) is 14.5. The van der Waals surface area contributed by atoms with E-state index in [1.807, 2.05) is 7.05 Å². The number of nitrogens with one attached hydrogen (secondary N) is 1.